The van der Waals surface area contributed by atoms with Gasteiger partial charge in [-0.25, -0.2) is 4.98 Å². The normalized spacial score (nSPS) is 21.2. The molecule has 2 aliphatic heterocycles. The molecule has 3 heterocycles. The van der Waals surface area contributed by atoms with Gasteiger partial charge >= 0.3 is 0 Å². The Bertz CT molecular complexity index is 949. The number of nitrogens with zero attached hydrogens (tertiary/aromatic N) is 2. The molecule has 31 heavy (non-hydrogen) atoms. The average Bonchev–Trinajstić information content (AvgIpc) is 2.79. The van der Waals surface area contributed by atoms with Crippen molar-refractivity contribution in [2.45, 2.75) is 38.1 Å². The Morgan fingerprint density at radius 2 is 1.74 bits per heavy atom. The minimum atomic E-state index is -0.459. The maximum Gasteiger partial charge on any atom is 0.275 e. The summed E-state index contributed by atoms with van der Waals surface area (Å²) in [6.45, 7) is 3.09. The summed E-state index contributed by atoms with van der Waals surface area (Å²) in [7, 11) is 0. The van der Waals surface area contributed by atoms with E-state index >= 15 is 0 Å². The van der Waals surface area contributed by atoms with Crippen molar-refractivity contribution in [1.82, 2.24) is 15.2 Å². The van der Waals surface area contributed by atoms with Crippen LogP contribution in [0.5, 0.6) is 0 Å². The molecule has 2 aromatic rings. The number of halogens is 2. The Balaban J connectivity index is 1.33. The van der Waals surface area contributed by atoms with Gasteiger partial charge in [-0.1, -0.05) is 29.6 Å². The zero-order valence-corrected chi connectivity index (χ0v) is 18.8. The van der Waals surface area contributed by atoms with Crippen molar-refractivity contribution in [2.24, 2.45) is 5.92 Å². The summed E-state index contributed by atoms with van der Waals surface area (Å²) in [6, 6.07) is 10.4. The first-order chi connectivity index (χ1) is 15.0. The lowest BCUT2D eigenvalue weighted by molar-refractivity contribution is 0.0575. The third kappa shape index (κ3) is 5.37. The first-order valence-electron chi connectivity index (χ1n) is 10.8. The number of rotatable bonds is 5. The molecule has 0 saturated carbocycles. The fraction of sp³-hybridized carbons (Fsp3) is 0.435. The Morgan fingerprint density at radius 1 is 0.968 bits per heavy atom. The van der Waals surface area contributed by atoms with Gasteiger partial charge in [0.1, 0.15) is 10.8 Å². The number of pyridine rings is 1. The largest absolute Gasteiger partial charge is 0.352 e. The number of fused-ring (bicyclic) bond motifs is 1. The van der Waals surface area contributed by atoms with E-state index in [0.717, 1.165) is 0 Å². The number of carbonyl (C=O) groups is 2. The van der Waals surface area contributed by atoms with Gasteiger partial charge in [0, 0.05) is 23.8 Å². The number of benzene rings is 1. The summed E-state index contributed by atoms with van der Waals surface area (Å²) >= 11 is 11.9. The number of nitrogens with one attached hydrogen (secondary N) is 2. The van der Waals surface area contributed by atoms with Crippen LogP contribution in [0.4, 0.5) is 5.69 Å². The third-order valence-corrected chi connectivity index (χ3v) is 6.70. The molecule has 2 atom stereocenters. The molecule has 4 rings (SSSR count). The fourth-order valence-electron chi connectivity index (χ4n) is 4.61. The van der Waals surface area contributed by atoms with Gasteiger partial charge in [0.05, 0.1) is 5.02 Å². The van der Waals surface area contributed by atoms with Crippen molar-refractivity contribution in [1.29, 1.82) is 0 Å². The molecule has 0 radical (unpaired) electrons. The van der Waals surface area contributed by atoms with Crippen LogP contribution >= 0.6 is 23.2 Å². The zero-order chi connectivity index (χ0) is 21.8. The second-order valence-electron chi connectivity index (χ2n) is 8.21. The van der Waals surface area contributed by atoms with Crippen LogP contribution in [0.1, 0.15) is 53.0 Å². The van der Waals surface area contributed by atoms with Gasteiger partial charge in [0.15, 0.2) is 0 Å². The molecule has 0 bridgehead atoms. The zero-order valence-electron chi connectivity index (χ0n) is 17.2. The SMILES string of the molecule is O=C(NC[C@H]1CCCN2CCCC[C@H]12)c1ccc(NC(=O)c2nc(Cl)ccc2Cl)cc1. The van der Waals surface area contributed by atoms with Crippen LogP contribution in [0.2, 0.25) is 10.2 Å². The van der Waals surface area contributed by atoms with E-state index in [9.17, 15) is 9.59 Å². The molecule has 0 aliphatic carbocycles. The summed E-state index contributed by atoms with van der Waals surface area (Å²) in [6.07, 6.45) is 6.19. The number of piperidine rings is 2. The second-order valence-corrected chi connectivity index (χ2v) is 9.00. The fourth-order valence-corrected chi connectivity index (χ4v) is 4.95. The van der Waals surface area contributed by atoms with E-state index in [2.05, 4.69) is 20.5 Å². The highest BCUT2D eigenvalue weighted by molar-refractivity contribution is 6.35. The van der Waals surface area contributed by atoms with Crippen LogP contribution in [0.25, 0.3) is 0 Å². The number of carbonyl (C=O) groups excluding carboxylic acids is 2. The molecule has 0 unspecified atom stereocenters. The van der Waals surface area contributed by atoms with Gasteiger partial charge in [-0.2, -0.15) is 0 Å². The van der Waals surface area contributed by atoms with E-state index in [1.165, 1.54) is 57.3 Å². The van der Waals surface area contributed by atoms with E-state index in [0.29, 0.717) is 29.8 Å². The first kappa shape index (κ1) is 22.1. The van der Waals surface area contributed by atoms with E-state index < -0.39 is 5.91 Å². The maximum absolute atomic E-state index is 12.6. The second kappa shape index (κ2) is 9.98. The standard InChI is InChI=1S/C23H26Cl2N4O2/c24-18-10-11-20(25)28-21(18)23(31)27-17-8-6-15(7-9-17)22(30)26-14-16-4-3-13-29-12-2-1-5-19(16)29/h6-11,16,19H,1-5,12-14H2,(H,26,30)(H,27,31)/t16-,19-/m1/s1. The van der Waals surface area contributed by atoms with Crippen molar-refractivity contribution < 1.29 is 9.59 Å². The van der Waals surface area contributed by atoms with Gasteiger partial charge in [-0.15, -0.1) is 0 Å². The summed E-state index contributed by atoms with van der Waals surface area (Å²) < 4.78 is 0. The minimum absolute atomic E-state index is 0.0558. The van der Waals surface area contributed by atoms with Crippen molar-refractivity contribution in [3.63, 3.8) is 0 Å². The minimum Gasteiger partial charge on any atom is -0.352 e. The van der Waals surface area contributed by atoms with Crippen molar-refractivity contribution in [2.75, 3.05) is 25.0 Å². The van der Waals surface area contributed by atoms with Gasteiger partial charge < -0.3 is 15.5 Å². The summed E-state index contributed by atoms with van der Waals surface area (Å²) in [5.41, 5.74) is 1.16. The molecule has 1 aromatic carbocycles. The van der Waals surface area contributed by atoms with Gasteiger partial charge in [0.25, 0.3) is 11.8 Å². The van der Waals surface area contributed by atoms with E-state index in [-0.39, 0.29) is 21.8 Å². The van der Waals surface area contributed by atoms with Crippen LogP contribution in [0.15, 0.2) is 36.4 Å². The summed E-state index contributed by atoms with van der Waals surface area (Å²) in [4.78, 5) is 31.6. The number of hydrogen-bond acceptors (Lipinski definition) is 4. The highest BCUT2D eigenvalue weighted by atomic mass is 35.5. The number of aromatic nitrogens is 1. The van der Waals surface area contributed by atoms with Crippen molar-refractivity contribution in [3.8, 4) is 0 Å². The van der Waals surface area contributed by atoms with E-state index in [1.807, 2.05) is 0 Å². The molecule has 8 heteroatoms. The van der Waals surface area contributed by atoms with Crippen LogP contribution in [0.3, 0.4) is 0 Å². The molecule has 2 N–H and O–H groups in total. The molecule has 2 fully saturated rings. The van der Waals surface area contributed by atoms with Gasteiger partial charge in [0.2, 0.25) is 0 Å². The van der Waals surface area contributed by atoms with E-state index in [4.69, 9.17) is 23.2 Å². The van der Waals surface area contributed by atoms with Crippen molar-refractivity contribution in [3.05, 3.63) is 57.8 Å². The van der Waals surface area contributed by atoms with E-state index in [1.54, 1.807) is 24.3 Å². The molecule has 0 spiro atoms. The molecule has 2 aliphatic rings. The Kier molecular flexibility index (Phi) is 7.10. The first-order valence-corrected chi connectivity index (χ1v) is 11.5. The lowest BCUT2D eigenvalue weighted by Crippen LogP contribution is -2.51. The lowest BCUT2D eigenvalue weighted by atomic mass is 9.83. The molecule has 2 saturated heterocycles. The highest BCUT2D eigenvalue weighted by Gasteiger charge is 2.32. The molecule has 2 amide bonds. The molecule has 1 aromatic heterocycles. The number of anilines is 1. The number of hydrogen-bond donors (Lipinski definition) is 2. The van der Waals surface area contributed by atoms with Gasteiger partial charge in [-0.3, -0.25) is 9.59 Å². The Labute approximate surface area is 192 Å². The quantitative estimate of drug-likeness (QED) is 0.637. The maximum atomic E-state index is 12.6. The van der Waals surface area contributed by atoms with Crippen LogP contribution in [0, 0.1) is 5.92 Å². The molecular formula is C23H26Cl2N4O2. The number of amides is 2. The predicted octanol–water partition coefficient (Wildman–Crippen LogP) is 4.64. The highest BCUT2D eigenvalue weighted by Crippen LogP contribution is 2.30. The Morgan fingerprint density at radius 3 is 2.55 bits per heavy atom. The third-order valence-electron chi connectivity index (χ3n) is 6.19. The van der Waals surface area contributed by atoms with Crippen LogP contribution in [-0.4, -0.2) is 47.4 Å². The smallest absolute Gasteiger partial charge is 0.275 e. The topological polar surface area (TPSA) is 74.3 Å². The monoisotopic (exact) mass is 460 g/mol. The van der Waals surface area contributed by atoms with Crippen molar-refractivity contribution >= 4 is 40.7 Å². The predicted molar refractivity (Wildman–Crippen MR) is 123 cm³/mol. The average molecular weight is 461 g/mol. The molecule has 6 nitrogen and oxygen atoms in total. The van der Waals surface area contributed by atoms with Crippen LogP contribution < -0.4 is 10.6 Å². The molecule has 164 valence electrons. The Hall–Kier alpha value is -2.15. The lowest BCUT2D eigenvalue weighted by Gasteiger charge is -2.44. The van der Waals surface area contributed by atoms with Gasteiger partial charge in [-0.05, 0) is 81.1 Å². The summed E-state index contributed by atoms with van der Waals surface area (Å²) in [5.74, 6) is -0.0316. The molecular weight excluding hydrogens is 435 g/mol. The summed E-state index contributed by atoms with van der Waals surface area (Å²) in [5, 5.41) is 6.24. The van der Waals surface area contributed by atoms with Crippen LogP contribution in [-0.2, 0) is 0 Å².